The van der Waals surface area contributed by atoms with Crippen molar-refractivity contribution in [1.29, 1.82) is 0 Å². The molecule has 3 aromatic heterocycles. The molecule has 0 saturated carbocycles. The summed E-state index contributed by atoms with van der Waals surface area (Å²) in [5, 5.41) is 13.7. The average Bonchev–Trinajstić information content (AvgIpc) is 3.86. The van der Waals surface area contributed by atoms with Gasteiger partial charge in [0.05, 0.1) is 22.1 Å². The second-order valence-electron chi connectivity index (χ2n) is 15.6. The van der Waals surface area contributed by atoms with Gasteiger partial charge in [-0.3, -0.25) is 0 Å². The molecular weight excluding hydrogens is 733 g/mol. The molecular formula is C55H32N4O. The normalized spacial score (nSPS) is 12.0. The zero-order chi connectivity index (χ0) is 39.3. The third-order valence-corrected chi connectivity index (χ3v) is 12.1. The number of nitrogens with zero attached hydrogens (tertiary/aromatic N) is 4. The van der Waals surface area contributed by atoms with Gasteiger partial charge in [-0.15, -0.1) is 0 Å². The summed E-state index contributed by atoms with van der Waals surface area (Å²) in [6.07, 6.45) is 0. The van der Waals surface area contributed by atoms with Crippen LogP contribution in [0.25, 0.3) is 127 Å². The Bertz CT molecular complexity index is 3900. The van der Waals surface area contributed by atoms with E-state index in [4.69, 9.17) is 19.4 Å². The Labute approximate surface area is 343 Å². The number of rotatable bonds is 4. The molecule has 0 N–H and O–H groups in total. The zero-order valence-electron chi connectivity index (χ0n) is 32.2. The number of fused-ring (bicyclic) bond motifs is 12. The van der Waals surface area contributed by atoms with Crippen LogP contribution in [0.5, 0.6) is 0 Å². The molecule has 0 aliphatic rings. The molecule has 13 aromatic rings. The van der Waals surface area contributed by atoms with Crippen molar-refractivity contribution in [2.75, 3.05) is 0 Å². The molecule has 0 unspecified atom stereocenters. The quantitative estimate of drug-likeness (QED) is 0.179. The van der Waals surface area contributed by atoms with E-state index >= 15 is 0 Å². The average molecular weight is 765 g/mol. The van der Waals surface area contributed by atoms with Crippen LogP contribution < -0.4 is 0 Å². The van der Waals surface area contributed by atoms with Crippen molar-refractivity contribution >= 4 is 86.8 Å². The molecule has 0 fully saturated rings. The predicted octanol–water partition coefficient (Wildman–Crippen LogP) is 14.5. The summed E-state index contributed by atoms with van der Waals surface area (Å²) in [5.74, 6) is 1.78. The Morgan fingerprint density at radius 2 is 0.917 bits per heavy atom. The van der Waals surface area contributed by atoms with Crippen molar-refractivity contribution in [2.45, 2.75) is 0 Å². The molecule has 10 aromatic carbocycles. The molecule has 0 spiro atoms. The monoisotopic (exact) mass is 764 g/mol. The Kier molecular flexibility index (Phi) is 6.95. The summed E-state index contributed by atoms with van der Waals surface area (Å²) in [6, 6.07) is 68.7. The first-order chi connectivity index (χ1) is 29.7. The smallest absolute Gasteiger partial charge is 0.164 e. The fraction of sp³-hybridized carbons (Fsp3) is 0. The highest BCUT2D eigenvalue weighted by Crippen LogP contribution is 2.45. The molecule has 0 amide bonds. The van der Waals surface area contributed by atoms with Gasteiger partial charge < -0.3 is 8.98 Å². The molecule has 0 saturated heterocycles. The van der Waals surface area contributed by atoms with Gasteiger partial charge in [0, 0.05) is 43.6 Å². The van der Waals surface area contributed by atoms with Crippen LogP contribution >= 0.6 is 0 Å². The van der Waals surface area contributed by atoms with Crippen LogP contribution in [-0.4, -0.2) is 19.5 Å². The van der Waals surface area contributed by atoms with E-state index in [0.717, 1.165) is 76.9 Å². The summed E-state index contributed by atoms with van der Waals surface area (Å²) in [6.45, 7) is 0. The van der Waals surface area contributed by atoms with Crippen LogP contribution in [0.15, 0.2) is 199 Å². The van der Waals surface area contributed by atoms with E-state index < -0.39 is 0 Å². The van der Waals surface area contributed by atoms with Crippen LogP contribution in [0.4, 0.5) is 0 Å². The Morgan fingerprint density at radius 3 is 1.68 bits per heavy atom. The van der Waals surface area contributed by atoms with E-state index in [0.29, 0.717) is 17.5 Å². The van der Waals surface area contributed by atoms with E-state index in [1.807, 2.05) is 18.2 Å². The lowest BCUT2D eigenvalue weighted by Gasteiger charge is -2.14. The second kappa shape index (κ2) is 12.7. The molecule has 13 rings (SSSR count). The number of hydrogen-bond donors (Lipinski definition) is 0. The maximum atomic E-state index is 7.04. The lowest BCUT2D eigenvalue weighted by Crippen LogP contribution is -2.02. The predicted molar refractivity (Wildman–Crippen MR) is 248 cm³/mol. The lowest BCUT2D eigenvalue weighted by molar-refractivity contribution is 0.672. The molecule has 5 nitrogen and oxygen atoms in total. The highest BCUT2D eigenvalue weighted by Gasteiger charge is 2.23. The van der Waals surface area contributed by atoms with Gasteiger partial charge in [0.15, 0.2) is 17.5 Å². The van der Waals surface area contributed by atoms with Crippen molar-refractivity contribution in [1.82, 2.24) is 19.5 Å². The fourth-order valence-corrected chi connectivity index (χ4v) is 9.31. The molecule has 60 heavy (non-hydrogen) atoms. The molecule has 5 heteroatoms. The van der Waals surface area contributed by atoms with Crippen molar-refractivity contribution in [3.63, 3.8) is 0 Å². The first kappa shape index (κ1) is 32.9. The standard InChI is InChI=1S/C55H32N4O/c1-2-15-36(16-3-1)53-56-54(40-23-22-33-12-4-5-17-37(33)28-40)58-55(57-53)41-31-48(50-45-27-25-35-14-9-11-21-43(35)52(45)60-49(50)32-41)59-47-30-39-19-7-6-18-38(39)29-46(47)44-26-24-34-13-8-10-20-42(34)51(44)59/h1-32H. The largest absolute Gasteiger partial charge is 0.455 e. The van der Waals surface area contributed by atoms with Crippen molar-refractivity contribution in [2.24, 2.45) is 0 Å². The highest BCUT2D eigenvalue weighted by molar-refractivity contribution is 6.23. The molecule has 3 heterocycles. The molecule has 0 aliphatic carbocycles. The topological polar surface area (TPSA) is 56.7 Å². The van der Waals surface area contributed by atoms with Gasteiger partial charge in [0.25, 0.3) is 0 Å². The van der Waals surface area contributed by atoms with Crippen molar-refractivity contribution in [3.8, 4) is 39.9 Å². The third kappa shape index (κ3) is 4.96. The number of hydrogen-bond acceptors (Lipinski definition) is 4. The number of aromatic nitrogens is 4. The Hall–Kier alpha value is -8.15. The van der Waals surface area contributed by atoms with Gasteiger partial charge in [-0.2, -0.15) is 0 Å². The minimum atomic E-state index is 0.566. The van der Waals surface area contributed by atoms with Gasteiger partial charge in [-0.25, -0.2) is 15.0 Å². The summed E-state index contributed by atoms with van der Waals surface area (Å²) in [7, 11) is 0. The zero-order valence-corrected chi connectivity index (χ0v) is 32.2. The second-order valence-corrected chi connectivity index (χ2v) is 15.6. The van der Waals surface area contributed by atoms with Crippen LogP contribution in [0, 0.1) is 0 Å². The van der Waals surface area contributed by atoms with Gasteiger partial charge in [0.2, 0.25) is 0 Å². The summed E-state index contributed by atoms with van der Waals surface area (Å²) in [5.41, 5.74) is 7.55. The van der Waals surface area contributed by atoms with Gasteiger partial charge in [-0.1, -0.05) is 158 Å². The van der Waals surface area contributed by atoms with Crippen LogP contribution in [0.3, 0.4) is 0 Å². The van der Waals surface area contributed by atoms with Gasteiger partial charge >= 0.3 is 0 Å². The summed E-state index contributed by atoms with van der Waals surface area (Å²) in [4.78, 5) is 15.6. The number of benzene rings is 10. The summed E-state index contributed by atoms with van der Waals surface area (Å²) < 4.78 is 9.50. The Morgan fingerprint density at radius 1 is 0.350 bits per heavy atom. The first-order valence-corrected chi connectivity index (χ1v) is 20.3. The van der Waals surface area contributed by atoms with Crippen molar-refractivity contribution in [3.05, 3.63) is 194 Å². The highest BCUT2D eigenvalue weighted by atomic mass is 16.3. The van der Waals surface area contributed by atoms with Gasteiger partial charge in [0.1, 0.15) is 11.2 Å². The molecule has 0 radical (unpaired) electrons. The van der Waals surface area contributed by atoms with E-state index in [9.17, 15) is 0 Å². The van der Waals surface area contributed by atoms with Crippen LogP contribution in [0.1, 0.15) is 0 Å². The lowest BCUT2D eigenvalue weighted by atomic mass is 10.0. The van der Waals surface area contributed by atoms with Crippen LogP contribution in [0.2, 0.25) is 0 Å². The first-order valence-electron chi connectivity index (χ1n) is 20.3. The molecule has 0 bridgehead atoms. The van der Waals surface area contributed by atoms with Gasteiger partial charge in [-0.05, 0) is 68.7 Å². The SMILES string of the molecule is c1ccc(-c2nc(-c3ccc4ccccc4c3)nc(-c3cc(-n4c5cc6ccccc6cc5c5ccc6ccccc6c54)c4c(c3)oc3c5ccccc5ccc34)n2)cc1. The molecule has 0 aliphatic heterocycles. The van der Waals surface area contributed by atoms with Crippen LogP contribution in [-0.2, 0) is 0 Å². The molecule has 278 valence electrons. The van der Waals surface area contributed by atoms with E-state index in [1.54, 1.807) is 0 Å². The number of furan rings is 1. The van der Waals surface area contributed by atoms with Crippen molar-refractivity contribution < 1.29 is 4.42 Å². The Balaban J connectivity index is 1.18. The van der Waals surface area contributed by atoms with E-state index in [-0.39, 0.29) is 0 Å². The third-order valence-electron chi connectivity index (χ3n) is 12.1. The fourth-order valence-electron chi connectivity index (χ4n) is 9.31. The molecule has 0 atom stereocenters. The maximum absolute atomic E-state index is 7.04. The minimum Gasteiger partial charge on any atom is -0.455 e. The minimum absolute atomic E-state index is 0.566. The maximum Gasteiger partial charge on any atom is 0.164 e. The van der Waals surface area contributed by atoms with E-state index in [2.05, 4.69) is 180 Å². The van der Waals surface area contributed by atoms with E-state index in [1.165, 1.54) is 32.3 Å². The summed E-state index contributed by atoms with van der Waals surface area (Å²) >= 11 is 0.